The zero-order valence-electron chi connectivity index (χ0n) is 8.80. The van der Waals surface area contributed by atoms with E-state index in [0.717, 1.165) is 5.69 Å². The number of aryl methyl sites for hydroxylation is 1. The van der Waals surface area contributed by atoms with Crippen LogP contribution in [0, 0.1) is 6.92 Å². The van der Waals surface area contributed by atoms with Crippen molar-refractivity contribution in [2.75, 3.05) is 5.32 Å². The molecule has 0 aliphatic carbocycles. The van der Waals surface area contributed by atoms with Crippen molar-refractivity contribution >= 4 is 11.6 Å². The first-order chi connectivity index (χ1) is 7.74. The zero-order chi connectivity index (χ0) is 11.4. The topological polar surface area (TPSA) is 68.0 Å². The molecule has 1 N–H and O–H groups in total. The van der Waals surface area contributed by atoms with Gasteiger partial charge >= 0.3 is 0 Å². The van der Waals surface area contributed by atoms with Gasteiger partial charge in [-0.1, -0.05) is 23.4 Å². The molecule has 82 valence electrons. The van der Waals surface area contributed by atoms with E-state index in [9.17, 15) is 4.79 Å². The van der Waals surface area contributed by atoms with Gasteiger partial charge in [-0.25, -0.2) is 0 Å². The fourth-order valence-electron chi connectivity index (χ4n) is 1.28. The number of carbonyl (C=O) groups excluding carboxylic acids is 1. The highest BCUT2D eigenvalue weighted by atomic mass is 16.5. The molecule has 0 saturated heterocycles. The summed E-state index contributed by atoms with van der Waals surface area (Å²) in [6.07, 6.45) is 0.0930. The second-order valence-electron chi connectivity index (χ2n) is 3.33. The quantitative estimate of drug-likeness (QED) is 0.847. The van der Waals surface area contributed by atoms with E-state index in [0.29, 0.717) is 11.7 Å². The lowest BCUT2D eigenvalue weighted by molar-refractivity contribution is -0.115. The molecular weight excluding hydrogens is 206 g/mol. The van der Waals surface area contributed by atoms with Crippen molar-refractivity contribution < 1.29 is 9.32 Å². The van der Waals surface area contributed by atoms with Gasteiger partial charge in [0.15, 0.2) is 5.82 Å². The van der Waals surface area contributed by atoms with E-state index in [-0.39, 0.29) is 12.3 Å². The van der Waals surface area contributed by atoms with Gasteiger partial charge in [-0.3, -0.25) is 4.79 Å². The minimum atomic E-state index is -0.171. The van der Waals surface area contributed by atoms with Crippen molar-refractivity contribution in [1.29, 1.82) is 0 Å². The third-order valence-corrected chi connectivity index (χ3v) is 1.94. The number of nitrogens with one attached hydrogen (secondary N) is 1. The smallest absolute Gasteiger partial charge is 0.236 e. The highest BCUT2D eigenvalue weighted by Gasteiger charge is 2.09. The summed E-state index contributed by atoms with van der Waals surface area (Å²) in [6.45, 7) is 1.71. The van der Waals surface area contributed by atoms with Crippen LogP contribution in [0.5, 0.6) is 0 Å². The van der Waals surface area contributed by atoms with Gasteiger partial charge in [0.05, 0.1) is 0 Å². The first-order valence-electron chi connectivity index (χ1n) is 4.88. The predicted octanol–water partition coefficient (Wildman–Crippen LogP) is 1.56. The number of benzene rings is 1. The molecule has 1 heterocycles. The van der Waals surface area contributed by atoms with Crippen LogP contribution in [0.2, 0.25) is 0 Å². The summed E-state index contributed by atoms with van der Waals surface area (Å²) >= 11 is 0. The molecule has 1 amide bonds. The van der Waals surface area contributed by atoms with Crippen LogP contribution in [0.4, 0.5) is 5.69 Å². The summed E-state index contributed by atoms with van der Waals surface area (Å²) in [5, 5.41) is 6.34. The second-order valence-corrected chi connectivity index (χ2v) is 3.33. The fourth-order valence-corrected chi connectivity index (χ4v) is 1.28. The lowest BCUT2D eigenvalue weighted by atomic mass is 10.3. The summed E-state index contributed by atoms with van der Waals surface area (Å²) in [4.78, 5) is 15.5. The molecule has 0 bridgehead atoms. The summed E-state index contributed by atoms with van der Waals surface area (Å²) < 4.78 is 4.85. The standard InChI is InChI=1S/C11H11N3O2/c1-8-12-11(16-14-8)7-10(15)13-9-5-3-2-4-6-9/h2-6H,7H2,1H3,(H,13,15). The Morgan fingerprint density at radius 2 is 2.12 bits per heavy atom. The molecular formula is C11H11N3O2. The number of carbonyl (C=O) groups is 1. The van der Waals surface area contributed by atoms with Crippen molar-refractivity contribution in [2.24, 2.45) is 0 Å². The maximum atomic E-state index is 11.6. The van der Waals surface area contributed by atoms with Crippen LogP contribution < -0.4 is 5.32 Å². The highest BCUT2D eigenvalue weighted by molar-refractivity contribution is 5.91. The lowest BCUT2D eigenvalue weighted by Gasteiger charge is -2.01. The average Bonchev–Trinajstić information content (AvgIpc) is 2.65. The van der Waals surface area contributed by atoms with Gasteiger partial charge < -0.3 is 9.84 Å². The van der Waals surface area contributed by atoms with Crippen LogP contribution in [-0.4, -0.2) is 16.0 Å². The number of nitrogens with zero attached hydrogens (tertiary/aromatic N) is 2. The van der Waals surface area contributed by atoms with E-state index in [1.54, 1.807) is 6.92 Å². The molecule has 0 unspecified atom stereocenters. The van der Waals surface area contributed by atoms with Crippen LogP contribution in [0.25, 0.3) is 0 Å². The Hall–Kier alpha value is -2.17. The molecule has 5 nitrogen and oxygen atoms in total. The first-order valence-corrected chi connectivity index (χ1v) is 4.88. The second kappa shape index (κ2) is 4.57. The number of hydrogen-bond donors (Lipinski definition) is 1. The minimum Gasteiger partial charge on any atom is -0.339 e. The normalized spacial score (nSPS) is 10.1. The summed E-state index contributed by atoms with van der Waals surface area (Å²) in [5.74, 6) is 0.684. The van der Waals surface area contributed by atoms with E-state index in [2.05, 4.69) is 15.5 Å². The molecule has 1 aromatic heterocycles. The number of anilines is 1. The van der Waals surface area contributed by atoms with Crippen LogP contribution in [0.1, 0.15) is 11.7 Å². The molecule has 0 atom stereocenters. The van der Waals surface area contributed by atoms with Crippen LogP contribution >= 0.6 is 0 Å². The number of hydrogen-bond acceptors (Lipinski definition) is 4. The monoisotopic (exact) mass is 217 g/mol. The van der Waals surface area contributed by atoms with Gasteiger partial charge in [0.1, 0.15) is 6.42 Å². The molecule has 5 heteroatoms. The van der Waals surface area contributed by atoms with Crippen LogP contribution in [0.15, 0.2) is 34.9 Å². The minimum absolute atomic E-state index is 0.0930. The zero-order valence-corrected chi connectivity index (χ0v) is 8.80. The van der Waals surface area contributed by atoms with Gasteiger partial charge in [0.2, 0.25) is 11.8 Å². The van der Waals surface area contributed by atoms with Gasteiger partial charge in [-0.2, -0.15) is 4.98 Å². The fraction of sp³-hybridized carbons (Fsp3) is 0.182. The molecule has 0 spiro atoms. The molecule has 2 rings (SSSR count). The average molecular weight is 217 g/mol. The highest BCUT2D eigenvalue weighted by Crippen LogP contribution is 2.06. The lowest BCUT2D eigenvalue weighted by Crippen LogP contribution is -2.14. The van der Waals surface area contributed by atoms with Gasteiger partial charge in [-0.15, -0.1) is 0 Å². The molecule has 0 radical (unpaired) electrons. The Balaban J connectivity index is 1.95. The molecule has 0 fully saturated rings. The van der Waals surface area contributed by atoms with Gasteiger partial charge in [0.25, 0.3) is 0 Å². The van der Waals surface area contributed by atoms with Crippen LogP contribution in [-0.2, 0) is 11.2 Å². The maximum absolute atomic E-state index is 11.6. The summed E-state index contributed by atoms with van der Waals surface area (Å²) in [5.41, 5.74) is 0.753. The molecule has 16 heavy (non-hydrogen) atoms. The van der Waals surface area contributed by atoms with Crippen molar-refractivity contribution in [3.05, 3.63) is 42.0 Å². The number of amides is 1. The Morgan fingerprint density at radius 3 is 2.75 bits per heavy atom. The number of aromatic nitrogens is 2. The van der Waals surface area contributed by atoms with Crippen LogP contribution in [0.3, 0.4) is 0 Å². The van der Waals surface area contributed by atoms with Gasteiger partial charge in [0, 0.05) is 5.69 Å². The summed E-state index contributed by atoms with van der Waals surface area (Å²) in [7, 11) is 0. The Morgan fingerprint density at radius 1 is 1.38 bits per heavy atom. The molecule has 1 aromatic carbocycles. The van der Waals surface area contributed by atoms with E-state index >= 15 is 0 Å². The molecule has 0 aliphatic rings. The van der Waals surface area contributed by atoms with Crippen molar-refractivity contribution in [2.45, 2.75) is 13.3 Å². The molecule has 2 aromatic rings. The Kier molecular flexibility index (Phi) is 2.95. The largest absolute Gasteiger partial charge is 0.339 e. The predicted molar refractivity (Wildman–Crippen MR) is 57.8 cm³/mol. The summed E-state index contributed by atoms with van der Waals surface area (Å²) in [6, 6.07) is 9.23. The van der Waals surface area contributed by atoms with Crippen molar-refractivity contribution in [3.63, 3.8) is 0 Å². The van der Waals surface area contributed by atoms with E-state index in [1.165, 1.54) is 0 Å². The molecule has 0 aliphatic heterocycles. The number of para-hydroxylation sites is 1. The maximum Gasteiger partial charge on any atom is 0.236 e. The van der Waals surface area contributed by atoms with Crippen molar-refractivity contribution in [1.82, 2.24) is 10.1 Å². The SMILES string of the molecule is Cc1noc(CC(=O)Nc2ccccc2)n1. The Bertz CT molecular complexity index is 479. The third-order valence-electron chi connectivity index (χ3n) is 1.94. The third kappa shape index (κ3) is 2.66. The van der Waals surface area contributed by atoms with E-state index in [4.69, 9.17) is 4.52 Å². The number of rotatable bonds is 3. The van der Waals surface area contributed by atoms with E-state index in [1.807, 2.05) is 30.3 Å². The Labute approximate surface area is 92.5 Å². The first kappa shape index (κ1) is 10.4. The van der Waals surface area contributed by atoms with E-state index < -0.39 is 0 Å². The van der Waals surface area contributed by atoms with Crippen molar-refractivity contribution in [3.8, 4) is 0 Å². The molecule has 0 saturated carbocycles. The van der Waals surface area contributed by atoms with Gasteiger partial charge in [-0.05, 0) is 19.1 Å².